The largest absolute Gasteiger partial charge is 0.321 e. The molecule has 88 valence electrons. The molecule has 0 amide bonds. The van der Waals surface area contributed by atoms with Crippen LogP contribution in [-0.2, 0) is 0 Å². The Morgan fingerprint density at radius 2 is 1.33 bits per heavy atom. The summed E-state index contributed by atoms with van der Waals surface area (Å²) in [5.41, 5.74) is 0. The van der Waals surface area contributed by atoms with Crippen molar-refractivity contribution in [2.24, 2.45) is 0 Å². The van der Waals surface area contributed by atoms with Crippen LogP contribution in [0, 0.1) is 0 Å². The third-order valence-electron chi connectivity index (χ3n) is 4.94. The fourth-order valence-corrected chi connectivity index (χ4v) is 3.89. The predicted molar refractivity (Wildman–Crippen MR) is 65.9 cm³/mol. The Bertz CT molecular complexity index is 174. The SMILES string of the molecule is CC[N+]1(C2CCCCCCC2)CCCC1. The molecule has 1 nitrogen and oxygen atoms in total. The van der Waals surface area contributed by atoms with E-state index in [0.717, 1.165) is 6.04 Å². The third kappa shape index (κ3) is 2.55. The fourth-order valence-electron chi connectivity index (χ4n) is 3.89. The lowest BCUT2D eigenvalue weighted by molar-refractivity contribution is -0.939. The molecular formula is C14H28N+. The van der Waals surface area contributed by atoms with E-state index >= 15 is 0 Å². The molecular weight excluding hydrogens is 182 g/mol. The average Bonchev–Trinajstić information content (AvgIpc) is 2.67. The summed E-state index contributed by atoms with van der Waals surface area (Å²) in [6.45, 7) is 6.79. The smallest absolute Gasteiger partial charge is 0.0890 e. The van der Waals surface area contributed by atoms with Gasteiger partial charge in [0.25, 0.3) is 0 Å². The zero-order valence-corrected chi connectivity index (χ0v) is 10.5. The summed E-state index contributed by atoms with van der Waals surface area (Å²) in [6, 6.07) is 1.03. The first-order valence-corrected chi connectivity index (χ1v) is 7.23. The van der Waals surface area contributed by atoms with Crippen LogP contribution in [0.4, 0.5) is 0 Å². The van der Waals surface area contributed by atoms with Gasteiger partial charge in [0.1, 0.15) is 0 Å². The second kappa shape index (κ2) is 5.34. The van der Waals surface area contributed by atoms with Crippen molar-refractivity contribution < 1.29 is 4.48 Å². The highest BCUT2D eigenvalue weighted by atomic mass is 15.4. The summed E-state index contributed by atoms with van der Waals surface area (Å²) in [7, 11) is 0. The maximum absolute atomic E-state index is 2.42. The summed E-state index contributed by atoms with van der Waals surface area (Å²) in [4.78, 5) is 0. The molecule has 0 aromatic rings. The Morgan fingerprint density at radius 3 is 1.87 bits per heavy atom. The van der Waals surface area contributed by atoms with Crippen molar-refractivity contribution >= 4 is 0 Å². The van der Waals surface area contributed by atoms with Crippen molar-refractivity contribution in [3.05, 3.63) is 0 Å². The Labute approximate surface area is 95.4 Å². The Kier molecular flexibility index (Phi) is 4.07. The standard InChI is InChI=1S/C14H28N/c1-2-15(12-8-9-13-15)14-10-6-4-3-5-7-11-14/h14H,2-13H2,1H3/q+1. The Balaban J connectivity index is 1.98. The van der Waals surface area contributed by atoms with Gasteiger partial charge in [-0.25, -0.2) is 0 Å². The zero-order chi connectivity index (χ0) is 10.6. The van der Waals surface area contributed by atoms with Crippen LogP contribution in [-0.4, -0.2) is 30.2 Å². The van der Waals surface area contributed by atoms with Gasteiger partial charge in [0.05, 0.1) is 25.7 Å². The number of likely N-dealkylation sites (tertiary alicyclic amines) is 1. The van der Waals surface area contributed by atoms with Crippen LogP contribution in [0.15, 0.2) is 0 Å². The first-order valence-electron chi connectivity index (χ1n) is 7.23. The third-order valence-corrected chi connectivity index (χ3v) is 4.94. The van der Waals surface area contributed by atoms with E-state index in [4.69, 9.17) is 0 Å². The second-order valence-electron chi connectivity index (χ2n) is 5.69. The van der Waals surface area contributed by atoms with Gasteiger partial charge in [0, 0.05) is 12.8 Å². The van der Waals surface area contributed by atoms with E-state index in [1.54, 1.807) is 0 Å². The summed E-state index contributed by atoms with van der Waals surface area (Å²) in [5, 5.41) is 0. The molecule has 1 heterocycles. The van der Waals surface area contributed by atoms with Gasteiger partial charge in [-0.3, -0.25) is 0 Å². The lowest BCUT2D eigenvalue weighted by Gasteiger charge is -2.42. The lowest BCUT2D eigenvalue weighted by Crippen LogP contribution is -2.53. The Morgan fingerprint density at radius 1 is 0.800 bits per heavy atom. The zero-order valence-electron chi connectivity index (χ0n) is 10.5. The topological polar surface area (TPSA) is 0 Å². The van der Waals surface area contributed by atoms with E-state index in [-0.39, 0.29) is 0 Å². The first kappa shape index (κ1) is 11.4. The summed E-state index contributed by atoms with van der Waals surface area (Å²) < 4.78 is 1.49. The lowest BCUT2D eigenvalue weighted by atomic mass is 9.94. The maximum Gasteiger partial charge on any atom is 0.0890 e. The number of rotatable bonds is 2. The van der Waals surface area contributed by atoms with Gasteiger partial charge in [-0.1, -0.05) is 19.3 Å². The van der Waals surface area contributed by atoms with E-state index in [1.165, 1.54) is 81.9 Å². The molecule has 0 radical (unpaired) electrons. The highest BCUT2D eigenvalue weighted by molar-refractivity contribution is 4.68. The van der Waals surface area contributed by atoms with Crippen LogP contribution >= 0.6 is 0 Å². The van der Waals surface area contributed by atoms with Crippen molar-refractivity contribution in [1.29, 1.82) is 0 Å². The molecule has 0 spiro atoms. The van der Waals surface area contributed by atoms with E-state index in [2.05, 4.69) is 6.92 Å². The minimum atomic E-state index is 1.03. The predicted octanol–water partition coefficient (Wildman–Crippen LogP) is 3.73. The Hall–Kier alpha value is -0.0400. The second-order valence-corrected chi connectivity index (χ2v) is 5.69. The summed E-state index contributed by atoms with van der Waals surface area (Å²) in [5.74, 6) is 0. The molecule has 0 aromatic heterocycles. The quantitative estimate of drug-likeness (QED) is 0.609. The molecule has 0 unspecified atom stereocenters. The molecule has 1 aliphatic carbocycles. The molecule has 1 saturated heterocycles. The van der Waals surface area contributed by atoms with Gasteiger partial charge in [-0.2, -0.15) is 0 Å². The first-order chi connectivity index (χ1) is 7.37. The van der Waals surface area contributed by atoms with E-state index in [9.17, 15) is 0 Å². The van der Waals surface area contributed by atoms with Crippen LogP contribution < -0.4 is 0 Å². The van der Waals surface area contributed by atoms with Crippen LogP contribution in [0.25, 0.3) is 0 Å². The van der Waals surface area contributed by atoms with Crippen molar-refractivity contribution in [3.8, 4) is 0 Å². The van der Waals surface area contributed by atoms with Gasteiger partial charge >= 0.3 is 0 Å². The molecule has 0 aromatic carbocycles. The van der Waals surface area contributed by atoms with Gasteiger partial charge in [0.2, 0.25) is 0 Å². The minimum Gasteiger partial charge on any atom is -0.321 e. The molecule has 0 atom stereocenters. The molecule has 2 aliphatic rings. The van der Waals surface area contributed by atoms with Crippen LogP contribution in [0.3, 0.4) is 0 Å². The van der Waals surface area contributed by atoms with Gasteiger partial charge in [-0.15, -0.1) is 0 Å². The van der Waals surface area contributed by atoms with Crippen molar-refractivity contribution in [2.45, 2.75) is 70.8 Å². The molecule has 1 aliphatic heterocycles. The highest BCUT2D eigenvalue weighted by Crippen LogP contribution is 2.31. The van der Waals surface area contributed by atoms with E-state index < -0.39 is 0 Å². The van der Waals surface area contributed by atoms with Crippen LogP contribution in [0.1, 0.15) is 64.7 Å². The van der Waals surface area contributed by atoms with Crippen molar-refractivity contribution in [3.63, 3.8) is 0 Å². The number of hydrogen-bond acceptors (Lipinski definition) is 0. The number of nitrogens with zero attached hydrogens (tertiary/aromatic N) is 1. The maximum atomic E-state index is 2.42. The summed E-state index contributed by atoms with van der Waals surface area (Å²) in [6.07, 6.45) is 13.5. The van der Waals surface area contributed by atoms with Crippen molar-refractivity contribution in [1.82, 2.24) is 0 Å². The molecule has 0 bridgehead atoms. The van der Waals surface area contributed by atoms with E-state index in [1.807, 2.05) is 0 Å². The number of quaternary nitrogens is 1. The number of hydrogen-bond donors (Lipinski definition) is 0. The highest BCUT2D eigenvalue weighted by Gasteiger charge is 2.37. The summed E-state index contributed by atoms with van der Waals surface area (Å²) >= 11 is 0. The average molecular weight is 210 g/mol. The molecule has 2 fully saturated rings. The van der Waals surface area contributed by atoms with Crippen LogP contribution in [0.2, 0.25) is 0 Å². The molecule has 1 saturated carbocycles. The molecule has 15 heavy (non-hydrogen) atoms. The monoisotopic (exact) mass is 210 g/mol. The van der Waals surface area contributed by atoms with Gasteiger partial charge < -0.3 is 4.48 Å². The molecule has 0 N–H and O–H groups in total. The normalized spacial score (nSPS) is 28.6. The molecule has 1 heteroatoms. The molecule has 2 rings (SSSR count). The van der Waals surface area contributed by atoms with E-state index in [0.29, 0.717) is 0 Å². The fraction of sp³-hybridized carbons (Fsp3) is 1.00. The van der Waals surface area contributed by atoms with Gasteiger partial charge in [0.15, 0.2) is 0 Å². The van der Waals surface area contributed by atoms with Crippen LogP contribution in [0.5, 0.6) is 0 Å². The van der Waals surface area contributed by atoms with Gasteiger partial charge in [-0.05, 0) is 32.6 Å². The van der Waals surface area contributed by atoms with Crippen molar-refractivity contribution in [2.75, 3.05) is 19.6 Å². The minimum absolute atomic E-state index is 1.03.